The lowest BCUT2D eigenvalue weighted by Crippen LogP contribution is -2.23. The van der Waals surface area contributed by atoms with Gasteiger partial charge in [-0.3, -0.25) is 9.63 Å². The fraction of sp³-hybridized carbons (Fsp3) is 0.462. The smallest absolute Gasteiger partial charge is 0.244 e. The molecule has 0 aliphatic rings. The van der Waals surface area contributed by atoms with E-state index in [0.29, 0.717) is 6.42 Å². The number of hydrogen-bond donors (Lipinski definition) is 1. The van der Waals surface area contributed by atoms with Crippen molar-refractivity contribution in [2.45, 2.75) is 26.2 Å². The minimum absolute atomic E-state index is 0.116. The van der Waals surface area contributed by atoms with Crippen molar-refractivity contribution in [3.63, 3.8) is 0 Å². The maximum Gasteiger partial charge on any atom is 0.244 e. The predicted octanol–water partition coefficient (Wildman–Crippen LogP) is 2.17. The predicted molar refractivity (Wildman–Crippen MR) is 65.9 cm³/mol. The lowest BCUT2D eigenvalue weighted by Gasteiger charge is -2.15. The summed E-state index contributed by atoms with van der Waals surface area (Å²) in [6, 6.07) is 5.88. The van der Waals surface area contributed by atoms with Crippen LogP contribution in [-0.4, -0.2) is 20.1 Å². The molecule has 1 N–H and O–H groups in total. The molecule has 1 rings (SSSR count). The highest BCUT2D eigenvalue weighted by Crippen LogP contribution is 2.25. The van der Waals surface area contributed by atoms with Gasteiger partial charge in [0.1, 0.15) is 5.75 Å². The monoisotopic (exact) mass is 237 g/mol. The summed E-state index contributed by atoms with van der Waals surface area (Å²) >= 11 is 0. The molecule has 4 nitrogen and oxygen atoms in total. The van der Waals surface area contributed by atoms with Gasteiger partial charge in [-0.05, 0) is 36.1 Å². The largest absolute Gasteiger partial charge is 0.497 e. The van der Waals surface area contributed by atoms with E-state index in [4.69, 9.17) is 4.74 Å². The van der Waals surface area contributed by atoms with Crippen molar-refractivity contribution < 1.29 is 14.4 Å². The van der Waals surface area contributed by atoms with Crippen molar-refractivity contribution >= 4 is 5.91 Å². The number of rotatable bonds is 5. The quantitative estimate of drug-likeness (QED) is 0.798. The summed E-state index contributed by atoms with van der Waals surface area (Å²) in [6.07, 6.45) is 0.404. The van der Waals surface area contributed by atoms with Crippen molar-refractivity contribution in [1.29, 1.82) is 0 Å². The van der Waals surface area contributed by atoms with Gasteiger partial charge in [0.05, 0.1) is 14.2 Å². The molecule has 0 fully saturated rings. The molecule has 0 saturated carbocycles. The van der Waals surface area contributed by atoms with Crippen LogP contribution in [0, 0.1) is 6.92 Å². The summed E-state index contributed by atoms with van der Waals surface area (Å²) in [7, 11) is 3.07. The van der Waals surface area contributed by atoms with Crippen molar-refractivity contribution in [2.75, 3.05) is 14.2 Å². The minimum Gasteiger partial charge on any atom is -0.497 e. The second kappa shape index (κ2) is 6.25. The third kappa shape index (κ3) is 3.75. The molecule has 94 valence electrons. The van der Waals surface area contributed by atoms with Gasteiger partial charge in [0.15, 0.2) is 0 Å². The zero-order chi connectivity index (χ0) is 12.8. The molecule has 0 saturated heterocycles. The molecule has 1 amide bonds. The van der Waals surface area contributed by atoms with Gasteiger partial charge in [0.2, 0.25) is 5.91 Å². The van der Waals surface area contributed by atoms with Crippen LogP contribution in [0.4, 0.5) is 0 Å². The van der Waals surface area contributed by atoms with Gasteiger partial charge in [-0.25, -0.2) is 5.48 Å². The van der Waals surface area contributed by atoms with Crippen LogP contribution in [0.5, 0.6) is 5.75 Å². The van der Waals surface area contributed by atoms with Crippen LogP contribution < -0.4 is 10.2 Å². The molecular formula is C13H19NO3. The Hall–Kier alpha value is -1.55. The van der Waals surface area contributed by atoms with Gasteiger partial charge in [-0.1, -0.05) is 13.0 Å². The number of methoxy groups -OCH3 is 1. The second-order valence-electron chi connectivity index (χ2n) is 4.06. The number of nitrogens with one attached hydrogen (secondary N) is 1. The number of benzene rings is 1. The first-order chi connectivity index (χ1) is 8.08. The fourth-order valence-electron chi connectivity index (χ4n) is 1.87. The molecule has 0 spiro atoms. The van der Waals surface area contributed by atoms with Crippen LogP contribution in [-0.2, 0) is 9.63 Å². The first kappa shape index (κ1) is 13.5. The number of aryl methyl sites for hydroxylation is 1. The number of ether oxygens (including phenoxy) is 1. The molecule has 0 aromatic heterocycles. The maximum atomic E-state index is 11.4. The van der Waals surface area contributed by atoms with E-state index < -0.39 is 0 Å². The van der Waals surface area contributed by atoms with E-state index in [9.17, 15) is 4.79 Å². The molecule has 0 aliphatic carbocycles. The van der Waals surface area contributed by atoms with Gasteiger partial charge < -0.3 is 4.74 Å². The standard InChI is InChI=1S/C13H19NO3/c1-9-7-11(16-3)5-6-12(9)10(2)8-13(15)14-17-4/h5-7,10H,8H2,1-4H3,(H,14,15). The maximum absolute atomic E-state index is 11.4. The molecule has 0 aliphatic heterocycles. The lowest BCUT2D eigenvalue weighted by molar-refractivity contribution is -0.131. The normalized spacial score (nSPS) is 12.0. The van der Waals surface area contributed by atoms with Crippen LogP contribution in [0.15, 0.2) is 18.2 Å². The highest BCUT2D eigenvalue weighted by molar-refractivity contribution is 5.75. The first-order valence-corrected chi connectivity index (χ1v) is 5.54. The zero-order valence-electron chi connectivity index (χ0n) is 10.7. The lowest BCUT2D eigenvalue weighted by atomic mass is 9.93. The van der Waals surface area contributed by atoms with Crippen LogP contribution in [0.3, 0.4) is 0 Å². The van der Waals surface area contributed by atoms with E-state index in [1.807, 2.05) is 32.0 Å². The zero-order valence-corrected chi connectivity index (χ0v) is 10.7. The summed E-state index contributed by atoms with van der Waals surface area (Å²) in [5.74, 6) is 0.867. The third-order valence-corrected chi connectivity index (χ3v) is 2.72. The summed E-state index contributed by atoms with van der Waals surface area (Å²) < 4.78 is 5.15. The Morgan fingerprint density at radius 2 is 2.12 bits per heavy atom. The summed E-state index contributed by atoms with van der Waals surface area (Å²) in [4.78, 5) is 16.0. The molecule has 1 aromatic carbocycles. The number of carbonyl (C=O) groups is 1. The van der Waals surface area contributed by atoms with Crippen LogP contribution in [0.25, 0.3) is 0 Å². The molecule has 1 aromatic rings. The molecule has 4 heteroatoms. The number of carbonyl (C=O) groups excluding carboxylic acids is 1. The van der Waals surface area contributed by atoms with Crippen molar-refractivity contribution in [3.05, 3.63) is 29.3 Å². The fourth-order valence-corrected chi connectivity index (χ4v) is 1.87. The summed E-state index contributed by atoms with van der Waals surface area (Å²) in [6.45, 7) is 4.03. The molecule has 1 unspecified atom stereocenters. The SMILES string of the molecule is CONC(=O)CC(C)c1ccc(OC)cc1C. The summed E-state index contributed by atoms with van der Waals surface area (Å²) in [5.41, 5.74) is 4.60. The Labute approximate surface area is 102 Å². The number of hydrogen-bond acceptors (Lipinski definition) is 3. The molecular weight excluding hydrogens is 218 g/mol. The van der Waals surface area contributed by atoms with Gasteiger partial charge in [0, 0.05) is 6.42 Å². The average molecular weight is 237 g/mol. The average Bonchev–Trinajstić information content (AvgIpc) is 2.28. The highest BCUT2D eigenvalue weighted by atomic mass is 16.6. The summed E-state index contributed by atoms with van der Waals surface area (Å²) in [5, 5.41) is 0. The van der Waals surface area contributed by atoms with Gasteiger partial charge in [-0.15, -0.1) is 0 Å². The topological polar surface area (TPSA) is 47.6 Å². The molecule has 0 radical (unpaired) electrons. The number of amides is 1. The van der Waals surface area contributed by atoms with E-state index in [1.54, 1.807) is 7.11 Å². The van der Waals surface area contributed by atoms with Gasteiger partial charge >= 0.3 is 0 Å². The van der Waals surface area contributed by atoms with Crippen LogP contribution in [0.2, 0.25) is 0 Å². The number of hydroxylamine groups is 1. The first-order valence-electron chi connectivity index (χ1n) is 5.54. The molecule has 1 atom stereocenters. The highest BCUT2D eigenvalue weighted by Gasteiger charge is 2.13. The molecule has 0 heterocycles. The van der Waals surface area contributed by atoms with Crippen molar-refractivity contribution in [1.82, 2.24) is 5.48 Å². The van der Waals surface area contributed by atoms with E-state index in [0.717, 1.165) is 16.9 Å². The second-order valence-corrected chi connectivity index (χ2v) is 4.06. The van der Waals surface area contributed by atoms with Gasteiger partial charge in [0.25, 0.3) is 0 Å². The van der Waals surface area contributed by atoms with Crippen LogP contribution in [0.1, 0.15) is 30.4 Å². The van der Waals surface area contributed by atoms with E-state index >= 15 is 0 Å². The van der Waals surface area contributed by atoms with Crippen molar-refractivity contribution in [2.24, 2.45) is 0 Å². The Bertz CT molecular complexity index is 390. The Kier molecular flexibility index (Phi) is 4.97. The van der Waals surface area contributed by atoms with Crippen LogP contribution >= 0.6 is 0 Å². The third-order valence-electron chi connectivity index (χ3n) is 2.72. The Morgan fingerprint density at radius 3 is 2.65 bits per heavy atom. The Balaban J connectivity index is 2.75. The van der Waals surface area contributed by atoms with Gasteiger partial charge in [-0.2, -0.15) is 0 Å². The Morgan fingerprint density at radius 1 is 1.41 bits per heavy atom. The van der Waals surface area contributed by atoms with E-state index in [-0.39, 0.29) is 11.8 Å². The van der Waals surface area contributed by atoms with Crippen molar-refractivity contribution in [3.8, 4) is 5.75 Å². The molecule has 17 heavy (non-hydrogen) atoms. The molecule has 0 bridgehead atoms. The minimum atomic E-state index is -0.116. The van der Waals surface area contributed by atoms with E-state index in [1.165, 1.54) is 7.11 Å². The van der Waals surface area contributed by atoms with E-state index in [2.05, 4.69) is 10.3 Å².